The predicted molar refractivity (Wildman–Crippen MR) is 85.1 cm³/mol. The quantitative estimate of drug-likeness (QED) is 0.799. The van der Waals surface area contributed by atoms with Crippen molar-refractivity contribution in [2.45, 2.75) is 32.9 Å². The van der Waals surface area contributed by atoms with E-state index in [4.69, 9.17) is 5.73 Å². The average molecular weight is 280 g/mol. The van der Waals surface area contributed by atoms with E-state index < -0.39 is 0 Å². The van der Waals surface area contributed by atoms with E-state index in [1.165, 1.54) is 11.1 Å². The SMILES string of the molecule is CC(C)c1ccc(Cn2ncc3cc(CN)cnc32)cc1. The molecule has 0 fully saturated rings. The lowest BCUT2D eigenvalue weighted by Crippen LogP contribution is -2.03. The maximum absolute atomic E-state index is 5.64. The Morgan fingerprint density at radius 1 is 1.10 bits per heavy atom. The van der Waals surface area contributed by atoms with Gasteiger partial charge in [-0.1, -0.05) is 38.1 Å². The van der Waals surface area contributed by atoms with Crippen molar-refractivity contribution in [3.05, 3.63) is 59.4 Å². The van der Waals surface area contributed by atoms with Crippen LogP contribution in [0.3, 0.4) is 0 Å². The highest BCUT2D eigenvalue weighted by Crippen LogP contribution is 2.17. The highest BCUT2D eigenvalue weighted by molar-refractivity contribution is 5.75. The Morgan fingerprint density at radius 3 is 2.52 bits per heavy atom. The molecular formula is C17H20N4. The Hall–Kier alpha value is -2.20. The van der Waals surface area contributed by atoms with E-state index in [-0.39, 0.29) is 0 Å². The van der Waals surface area contributed by atoms with Crippen LogP contribution in [-0.4, -0.2) is 14.8 Å². The van der Waals surface area contributed by atoms with Crippen LogP contribution in [0.2, 0.25) is 0 Å². The summed E-state index contributed by atoms with van der Waals surface area (Å²) in [5.41, 5.74) is 10.2. The molecule has 0 atom stereocenters. The fraction of sp³-hybridized carbons (Fsp3) is 0.294. The van der Waals surface area contributed by atoms with Gasteiger partial charge in [0.2, 0.25) is 0 Å². The zero-order valence-corrected chi connectivity index (χ0v) is 12.5. The first kappa shape index (κ1) is 13.8. The van der Waals surface area contributed by atoms with Crippen LogP contribution in [-0.2, 0) is 13.1 Å². The van der Waals surface area contributed by atoms with Gasteiger partial charge in [0, 0.05) is 18.1 Å². The lowest BCUT2D eigenvalue weighted by atomic mass is 10.0. The van der Waals surface area contributed by atoms with Crippen molar-refractivity contribution in [1.82, 2.24) is 14.8 Å². The molecule has 2 N–H and O–H groups in total. The zero-order chi connectivity index (χ0) is 14.8. The highest BCUT2D eigenvalue weighted by Gasteiger charge is 2.06. The van der Waals surface area contributed by atoms with Crippen molar-refractivity contribution in [2.75, 3.05) is 0 Å². The van der Waals surface area contributed by atoms with Gasteiger partial charge in [0.1, 0.15) is 0 Å². The molecule has 0 aliphatic heterocycles. The minimum Gasteiger partial charge on any atom is -0.326 e. The molecular weight excluding hydrogens is 260 g/mol. The second kappa shape index (κ2) is 5.66. The molecule has 0 saturated heterocycles. The molecule has 0 amide bonds. The maximum atomic E-state index is 5.64. The van der Waals surface area contributed by atoms with Gasteiger partial charge in [-0.05, 0) is 28.7 Å². The molecule has 4 nitrogen and oxygen atoms in total. The smallest absolute Gasteiger partial charge is 0.158 e. The number of nitrogens with zero attached hydrogens (tertiary/aromatic N) is 3. The van der Waals surface area contributed by atoms with E-state index in [9.17, 15) is 0 Å². The number of pyridine rings is 1. The summed E-state index contributed by atoms with van der Waals surface area (Å²) in [6.07, 6.45) is 3.67. The third kappa shape index (κ3) is 2.81. The van der Waals surface area contributed by atoms with Crippen LogP contribution in [0.5, 0.6) is 0 Å². The van der Waals surface area contributed by atoms with Gasteiger partial charge in [-0.15, -0.1) is 0 Å². The summed E-state index contributed by atoms with van der Waals surface area (Å²) in [6.45, 7) is 5.64. The third-order valence-electron chi connectivity index (χ3n) is 3.75. The molecule has 2 aromatic heterocycles. The summed E-state index contributed by atoms with van der Waals surface area (Å²) in [4.78, 5) is 4.47. The van der Waals surface area contributed by atoms with Gasteiger partial charge >= 0.3 is 0 Å². The van der Waals surface area contributed by atoms with E-state index in [0.29, 0.717) is 12.5 Å². The molecule has 1 aromatic carbocycles. The number of fused-ring (bicyclic) bond motifs is 1. The summed E-state index contributed by atoms with van der Waals surface area (Å²) in [5, 5.41) is 5.48. The first-order chi connectivity index (χ1) is 10.2. The Balaban J connectivity index is 1.87. The Morgan fingerprint density at radius 2 is 1.86 bits per heavy atom. The van der Waals surface area contributed by atoms with Crippen LogP contribution in [0.1, 0.15) is 36.5 Å². The van der Waals surface area contributed by atoms with Crippen LogP contribution >= 0.6 is 0 Å². The number of hydrogen-bond donors (Lipinski definition) is 1. The first-order valence-corrected chi connectivity index (χ1v) is 7.26. The fourth-order valence-corrected chi connectivity index (χ4v) is 2.43. The van der Waals surface area contributed by atoms with Crippen molar-refractivity contribution in [3.8, 4) is 0 Å². The van der Waals surface area contributed by atoms with Crippen LogP contribution in [0, 0.1) is 0 Å². The second-order valence-electron chi connectivity index (χ2n) is 5.66. The van der Waals surface area contributed by atoms with Crippen molar-refractivity contribution in [3.63, 3.8) is 0 Å². The van der Waals surface area contributed by atoms with Crippen LogP contribution in [0.15, 0.2) is 42.7 Å². The number of benzene rings is 1. The Labute approximate surface area is 124 Å². The molecule has 0 radical (unpaired) electrons. The summed E-state index contributed by atoms with van der Waals surface area (Å²) in [5.74, 6) is 0.556. The van der Waals surface area contributed by atoms with Gasteiger partial charge < -0.3 is 5.73 Å². The molecule has 4 heteroatoms. The minimum absolute atomic E-state index is 0.505. The molecule has 0 aliphatic carbocycles. The lowest BCUT2D eigenvalue weighted by molar-refractivity contribution is 0.703. The number of aromatic nitrogens is 3. The summed E-state index contributed by atoms with van der Waals surface area (Å²) >= 11 is 0. The summed E-state index contributed by atoms with van der Waals surface area (Å²) in [7, 11) is 0. The van der Waals surface area contributed by atoms with Crippen LogP contribution in [0.4, 0.5) is 0 Å². The minimum atomic E-state index is 0.505. The number of nitrogens with two attached hydrogens (primary N) is 1. The van der Waals surface area contributed by atoms with Crippen LogP contribution in [0.25, 0.3) is 11.0 Å². The van der Waals surface area contributed by atoms with Gasteiger partial charge in [0.15, 0.2) is 5.65 Å². The molecule has 0 bridgehead atoms. The van der Waals surface area contributed by atoms with Gasteiger partial charge in [0.05, 0.1) is 12.7 Å². The standard InChI is InChI=1S/C17H20N4/c1-12(2)15-5-3-13(4-6-15)11-21-17-16(10-20-21)7-14(8-18)9-19-17/h3-7,9-10,12H,8,11,18H2,1-2H3. The molecule has 3 rings (SSSR count). The van der Waals surface area contributed by atoms with Crippen molar-refractivity contribution in [1.29, 1.82) is 0 Å². The highest BCUT2D eigenvalue weighted by atomic mass is 15.3. The normalized spacial score (nSPS) is 11.4. The van der Waals surface area contributed by atoms with Gasteiger partial charge in [0.25, 0.3) is 0 Å². The van der Waals surface area contributed by atoms with E-state index in [2.05, 4.69) is 48.2 Å². The van der Waals surface area contributed by atoms with Crippen LogP contribution < -0.4 is 5.73 Å². The van der Waals surface area contributed by atoms with E-state index in [1.54, 1.807) is 0 Å². The Bertz CT molecular complexity index is 741. The van der Waals surface area contributed by atoms with Crippen molar-refractivity contribution >= 4 is 11.0 Å². The fourth-order valence-electron chi connectivity index (χ4n) is 2.43. The lowest BCUT2D eigenvalue weighted by Gasteiger charge is -2.07. The Kier molecular flexibility index (Phi) is 3.71. The zero-order valence-electron chi connectivity index (χ0n) is 12.5. The monoisotopic (exact) mass is 280 g/mol. The summed E-state index contributed by atoms with van der Waals surface area (Å²) < 4.78 is 1.93. The average Bonchev–Trinajstić information content (AvgIpc) is 2.90. The van der Waals surface area contributed by atoms with Crippen molar-refractivity contribution in [2.24, 2.45) is 5.73 Å². The van der Waals surface area contributed by atoms with E-state index in [1.807, 2.05) is 23.1 Å². The predicted octanol–water partition coefficient (Wildman–Crippen LogP) is 3.06. The largest absolute Gasteiger partial charge is 0.326 e. The molecule has 108 valence electrons. The molecule has 3 aromatic rings. The van der Waals surface area contributed by atoms with Gasteiger partial charge in [-0.3, -0.25) is 0 Å². The molecule has 0 aliphatic rings. The third-order valence-corrected chi connectivity index (χ3v) is 3.75. The topological polar surface area (TPSA) is 56.7 Å². The van der Waals surface area contributed by atoms with E-state index >= 15 is 0 Å². The summed E-state index contributed by atoms with van der Waals surface area (Å²) in [6, 6.07) is 10.7. The van der Waals surface area contributed by atoms with Gasteiger partial charge in [-0.2, -0.15) is 5.10 Å². The molecule has 0 unspecified atom stereocenters. The first-order valence-electron chi connectivity index (χ1n) is 7.26. The number of rotatable bonds is 4. The maximum Gasteiger partial charge on any atom is 0.158 e. The molecule has 21 heavy (non-hydrogen) atoms. The van der Waals surface area contributed by atoms with E-state index in [0.717, 1.165) is 23.1 Å². The number of hydrogen-bond acceptors (Lipinski definition) is 3. The molecule has 0 spiro atoms. The van der Waals surface area contributed by atoms with Gasteiger partial charge in [-0.25, -0.2) is 9.67 Å². The molecule has 0 saturated carbocycles. The molecule has 2 heterocycles. The second-order valence-corrected chi connectivity index (χ2v) is 5.66. The van der Waals surface area contributed by atoms with Crippen molar-refractivity contribution < 1.29 is 0 Å².